The van der Waals surface area contributed by atoms with Crippen molar-refractivity contribution in [2.75, 3.05) is 11.9 Å². The number of hydrogen-bond acceptors (Lipinski definition) is 5. The molecule has 144 valence electrons. The first kappa shape index (κ1) is 17.2. The number of imidazole rings is 1. The molecule has 1 N–H and O–H groups in total. The molecule has 7 heteroatoms. The van der Waals surface area contributed by atoms with E-state index in [1.165, 1.54) is 25.7 Å². The molecular weight excluding hydrogens is 350 g/mol. The summed E-state index contributed by atoms with van der Waals surface area (Å²) in [5.41, 5.74) is 3.11. The van der Waals surface area contributed by atoms with E-state index in [1.54, 1.807) is 0 Å². The van der Waals surface area contributed by atoms with Crippen LogP contribution in [-0.2, 0) is 20.5 Å². The minimum absolute atomic E-state index is 0.472. The molecule has 1 saturated carbocycles. The number of benzene rings is 1. The maximum atomic E-state index is 4.89. The third kappa shape index (κ3) is 2.91. The molecule has 0 spiro atoms. The van der Waals surface area contributed by atoms with Gasteiger partial charge in [-0.15, -0.1) is 0 Å². The lowest BCUT2D eigenvalue weighted by Gasteiger charge is -2.12. The van der Waals surface area contributed by atoms with Crippen LogP contribution in [0.2, 0.25) is 0 Å². The largest absolute Gasteiger partial charge is 0.369 e. The molecule has 3 aromatic heterocycles. The van der Waals surface area contributed by atoms with E-state index in [1.807, 2.05) is 24.0 Å². The Bertz CT molecular complexity index is 1130. The Morgan fingerprint density at radius 3 is 2.71 bits per heavy atom. The number of anilines is 1. The highest BCUT2D eigenvalue weighted by Crippen LogP contribution is 2.34. The number of nitrogens with one attached hydrogen (secondary N) is 1. The summed E-state index contributed by atoms with van der Waals surface area (Å²) in [6.45, 7) is 0.766. The van der Waals surface area contributed by atoms with E-state index in [4.69, 9.17) is 15.0 Å². The quantitative estimate of drug-likeness (QED) is 0.577. The van der Waals surface area contributed by atoms with E-state index in [0.717, 1.165) is 52.5 Å². The van der Waals surface area contributed by atoms with Crippen molar-refractivity contribution in [2.45, 2.75) is 38.0 Å². The Morgan fingerprint density at radius 1 is 1.07 bits per heavy atom. The summed E-state index contributed by atoms with van der Waals surface area (Å²) in [7, 11) is 4.02. The van der Waals surface area contributed by atoms with Crippen LogP contribution in [0.5, 0.6) is 0 Å². The summed E-state index contributed by atoms with van der Waals surface area (Å²) >= 11 is 0. The highest BCUT2D eigenvalue weighted by molar-refractivity contribution is 5.86. The summed E-state index contributed by atoms with van der Waals surface area (Å²) in [4.78, 5) is 14.5. The van der Waals surface area contributed by atoms with Gasteiger partial charge in [0.25, 0.3) is 0 Å². The zero-order valence-corrected chi connectivity index (χ0v) is 16.4. The van der Waals surface area contributed by atoms with Gasteiger partial charge in [-0.2, -0.15) is 5.10 Å². The van der Waals surface area contributed by atoms with Crippen molar-refractivity contribution < 1.29 is 0 Å². The van der Waals surface area contributed by atoms with E-state index in [-0.39, 0.29) is 0 Å². The summed E-state index contributed by atoms with van der Waals surface area (Å²) < 4.78 is 4.01. The van der Waals surface area contributed by atoms with Crippen molar-refractivity contribution in [1.82, 2.24) is 29.3 Å². The lowest BCUT2D eigenvalue weighted by atomic mass is 10.1. The first-order chi connectivity index (χ1) is 13.7. The Labute approximate surface area is 163 Å². The van der Waals surface area contributed by atoms with Gasteiger partial charge in [0.1, 0.15) is 17.5 Å². The first-order valence-electron chi connectivity index (χ1n) is 10.0. The molecule has 1 aliphatic carbocycles. The smallest absolute Gasteiger partial charge is 0.163 e. The normalized spacial score (nSPS) is 15.1. The van der Waals surface area contributed by atoms with Gasteiger partial charge in [0.05, 0.1) is 22.6 Å². The molecule has 4 aromatic rings. The predicted molar refractivity (Wildman–Crippen MR) is 110 cm³/mol. The van der Waals surface area contributed by atoms with Crippen LogP contribution in [0.25, 0.3) is 22.1 Å². The van der Waals surface area contributed by atoms with Gasteiger partial charge >= 0.3 is 0 Å². The van der Waals surface area contributed by atoms with Crippen molar-refractivity contribution in [3.05, 3.63) is 42.1 Å². The molecule has 5 rings (SSSR count). The van der Waals surface area contributed by atoms with Gasteiger partial charge in [0, 0.05) is 33.0 Å². The van der Waals surface area contributed by atoms with Crippen molar-refractivity contribution in [3.8, 4) is 0 Å². The average Bonchev–Trinajstić information content (AvgIpc) is 3.43. The minimum atomic E-state index is 0.472. The van der Waals surface area contributed by atoms with E-state index in [0.29, 0.717) is 5.92 Å². The second-order valence-electron chi connectivity index (χ2n) is 7.67. The van der Waals surface area contributed by atoms with Crippen molar-refractivity contribution >= 4 is 27.9 Å². The van der Waals surface area contributed by atoms with Crippen LogP contribution in [-0.4, -0.2) is 35.8 Å². The van der Waals surface area contributed by atoms with Crippen LogP contribution in [0.3, 0.4) is 0 Å². The third-order valence-electron chi connectivity index (χ3n) is 5.85. The molecule has 1 fully saturated rings. The number of rotatable bonds is 5. The zero-order chi connectivity index (χ0) is 19.1. The van der Waals surface area contributed by atoms with Gasteiger partial charge in [0.2, 0.25) is 0 Å². The summed E-state index contributed by atoms with van der Waals surface area (Å²) in [6, 6.07) is 8.25. The van der Waals surface area contributed by atoms with E-state index in [9.17, 15) is 0 Å². The first-order valence-corrected chi connectivity index (χ1v) is 10.0. The maximum Gasteiger partial charge on any atom is 0.163 e. The van der Waals surface area contributed by atoms with Gasteiger partial charge in [-0.25, -0.2) is 15.0 Å². The van der Waals surface area contributed by atoms with Crippen LogP contribution in [0.1, 0.15) is 43.3 Å². The van der Waals surface area contributed by atoms with Gasteiger partial charge in [-0.1, -0.05) is 25.0 Å². The molecule has 0 radical (unpaired) electrons. The van der Waals surface area contributed by atoms with Gasteiger partial charge in [-0.05, 0) is 25.0 Å². The number of fused-ring (bicyclic) bond motifs is 2. The maximum absolute atomic E-state index is 4.89. The van der Waals surface area contributed by atoms with Crippen LogP contribution in [0.4, 0.5) is 5.82 Å². The number of nitrogens with zero attached hydrogens (tertiary/aromatic N) is 6. The van der Waals surface area contributed by atoms with E-state index in [2.05, 4.69) is 40.2 Å². The topological polar surface area (TPSA) is 73.5 Å². The molecule has 3 heterocycles. The molecule has 0 atom stereocenters. The van der Waals surface area contributed by atoms with Crippen molar-refractivity contribution in [1.29, 1.82) is 0 Å². The lowest BCUT2D eigenvalue weighted by Crippen LogP contribution is -2.12. The van der Waals surface area contributed by atoms with Gasteiger partial charge in [-0.3, -0.25) is 4.68 Å². The van der Waals surface area contributed by atoms with Crippen molar-refractivity contribution in [3.63, 3.8) is 0 Å². The van der Waals surface area contributed by atoms with Crippen molar-refractivity contribution in [2.24, 2.45) is 14.1 Å². The second-order valence-corrected chi connectivity index (χ2v) is 7.67. The molecule has 0 aliphatic heterocycles. The van der Waals surface area contributed by atoms with E-state index < -0.39 is 0 Å². The second kappa shape index (κ2) is 6.89. The number of aryl methyl sites for hydroxylation is 2. The zero-order valence-electron chi connectivity index (χ0n) is 16.4. The molecule has 28 heavy (non-hydrogen) atoms. The molecule has 1 aromatic carbocycles. The molecule has 0 bridgehead atoms. The molecular formula is C21H25N7. The monoisotopic (exact) mass is 375 g/mol. The highest BCUT2D eigenvalue weighted by Gasteiger charge is 2.22. The molecule has 0 saturated heterocycles. The standard InChI is InChI=1S/C21H25N7/c1-27-17-10-6-5-9-16(17)24-18(27)11-12-22-20-15-13-23-28(2)21(15)26-19(25-20)14-7-3-4-8-14/h5-6,9-10,13-14H,3-4,7-8,11-12H2,1-2H3,(H,22,25,26). The molecule has 0 amide bonds. The third-order valence-corrected chi connectivity index (χ3v) is 5.85. The number of para-hydroxylation sites is 2. The number of hydrogen-bond donors (Lipinski definition) is 1. The van der Waals surface area contributed by atoms with Gasteiger partial charge in [0.15, 0.2) is 5.65 Å². The Balaban J connectivity index is 1.40. The number of aromatic nitrogens is 6. The molecule has 0 unspecified atom stereocenters. The molecule has 7 nitrogen and oxygen atoms in total. The lowest BCUT2D eigenvalue weighted by molar-refractivity contribution is 0.667. The minimum Gasteiger partial charge on any atom is -0.369 e. The summed E-state index contributed by atoms with van der Waals surface area (Å²) in [5, 5.41) is 8.90. The summed E-state index contributed by atoms with van der Waals surface area (Å²) in [5.74, 6) is 3.39. The SMILES string of the molecule is Cn1ncc2c(NCCc3nc4ccccc4n3C)nc(C3CCCC3)nc21. The van der Waals surface area contributed by atoms with Crippen LogP contribution < -0.4 is 5.32 Å². The van der Waals surface area contributed by atoms with Gasteiger partial charge < -0.3 is 9.88 Å². The average molecular weight is 375 g/mol. The van der Waals surface area contributed by atoms with E-state index >= 15 is 0 Å². The Morgan fingerprint density at radius 2 is 1.89 bits per heavy atom. The fourth-order valence-electron chi connectivity index (χ4n) is 4.25. The molecule has 1 aliphatic rings. The fraction of sp³-hybridized carbons (Fsp3) is 0.429. The summed E-state index contributed by atoms with van der Waals surface area (Å²) in [6.07, 6.45) is 7.59. The predicted octanol–water partition coefficient (Wildman–Crippen LogP) is 3.56. The fourth-order valence-corrected chi connectivity index (χ4v) is 4.25. The Kier molecular flexibility index (Phi) is 4.22. The Hall–Kier alpha value is -2.96. The van der Waals surface area contributed by atoms with Crippen LogP contribution >= 0.6 is 0 Å². The van der Waals surface area contributed by atoms with Crippen LogP contribution in [0, 0.1) is 0 Å². The van der Waals surface area contributed by atoms with Crippen LogP contribution in [0.15, 0.2) is 30.5 Å². The highest BCUT2D eigenvalue weighted by atomic mass is 15.3.